The van der Waals surface area contributed by atoms with Gasteiger partial charge in [0, 0.05) is 19.6 Å². The zero-order chi connectivity index (χ0) is 18.4. The van der Waals surface area contributed by atoms with Crippen LogP contribution < -0.4 is 15.4 Å². The van der Waals surface area contributed by atoms with Crippen LogP contribution in [0.2, 0.25) is 0 Å². The fourth-order valence-corrected chi connectivity index (χ4v) is 4.46. The van der Waals surface area contributed by atoms with Crippen molar-refractivity contribution in [1.29, 1.82) is 0 Å². The van der Waals surface area contributed by atoms with Crippen molar-refractivity contribution in [2.75, 3.05) is 18.6 Å². The van der Waals surface area contributed by atoms with Gasteiger partial charge in [-0.1, -0.05) is 30.3 Å². The Kier molecular flexibility index (Phi) is 5.78. The van der Waals surface area contributed by atoms with Crippen LogP contribution in [0.15, 0.2) is 59.6 Å². The fourth-order valence-electron chi connectivity index (χ4n) is 2.78. The molecule has 0 bridgehead atoms. The standard InChI is InChI=1S/C19H23N3O3S/c1-20-19(22-16-11-12-26(23,24)14-16)21-13-15-7-9-18(10-8-15)25-17-5-3-2-4-6-17/h2-10,16H,11-14H2,1H3,(H2,20,21,22). The number of hydrogen-bond acceptors (Lipinski definition) is 4. The summed E-state index contributed by atoms with van der Waals surface area (Å²) in [5, 5.41) is 6.38. The van der Waals surface area contributed by atoms with Gasteiger partial charge in [-0.05, 0) is 36.2 Å². The van der Waals surface area contributed by atoms with Crippen LogP contribution in [0.3, 0.4) is 0 Å². The van der Waals surface area contributed by atoms with Crippen molar-refractivity contribution in [2.24, 2.45) is 4.99 Å². The minimum Gasteiger partial charge on any atom is -0.457 e. The van der Waals surface area contributed by atoms with E-state index in [2.05, 4.69) is 15.6 Å². The number of ether oxygens (including phenoxy) is 1. The quantitative estimate of drug-likeness (QED) is 0.621. The van der Waals surface area contributed by atoms with Gasteiger partial charge >= 0.3 is 0 Å². The first-order chi connectivity index (χ1) is 12.5. The number of para-hydroxylation sites is 1. The van der Waals surface area contributed by atoms with Crippen LogP contribution in [-0.4, -0.2) is 39.0 Å². The van der Waals surface area contributed by atoms with Gasteiger partial charge in [-0.15, -0.1) is 0 Å². The number of aliphatic imine (C=N–C) groups is 1. The van der Waals surface area contributed by atoms with Gasteiger partial charge in [0.1, 0.15) is 11.5 Å². The van der Waals surface area contributed by atoms with E-state index in [4.69, 9.17) is 4.74 Å². The van der Waals surface area contributed by atoms with E-state index in [9.17, 15) is 8.42 Å². The van der Waals surface area contributed by atoms with E-state index in [0.29, 0.717) is 18.9 Å². The summed E-state index contributed by atoms with van der Waals surface area (Å²) in [6.07, 6.45) is 0.620. The summed E-state index contributed by atoms with van der Waals surface area (Å²) < 4.78 is 28.9. The highest BCUT2D eigenvalue weighted by molar-refractivity contribution is 7.91. The Morgan fingerprint density at radius 3 is 2.42 bits per heavy atom. The Morgan fingerprint density at radius 1 is 1.12 bits per heavy atom. The third-order valence-corrected chi connectivity index (χ3v) is 5.93. The molecule has 2 aromatic rings. The van der Waals surface area contributed by atoms with Crippen LogP contribution in [0.4, 0.5) is 0 Å². The average Bonchev–Trinajstić information content (AvgIpc) is 2.99. The first-order valence-corrected chi connectivity index (χ1v) is 10.4. The minimum absolute atomic E-state index is 0.0761. The zero-order valence-electron chi connectivity index (χ0n) is 14.7. The van der Waals surface area contributed by atoms with Crippen molar-refractivity contribution in [1.82, 2.24) is 10.6 Å². The van der Waals surface area contributed by atoms with E-state index in [-0.39, 0.29) is 17.5 Å². The highest BCUT2D eigenvalue weighted by Crippen LogP contribution is 2.21. The van der Waals surface area contributed by atoms with Crippen LogP contribution in [0.5, 0.6) is 11.5 Å². The Morgan fingerprint density at radius 2 is 1.81 bits per heavy atom. The van der Waals surface area contributed by atoms with Crippen LogP contribution in [0, 0.1) is 0 Å². The monoisotopic (exact) mass is 373 g/mol. The van der Waals surface area contributed by atoms with Crippen LogP contribution in [0.25, 0.3) is 0 Å². The molecule has 1 aliphatic rings. The Balaban J connectivity index is 1.50. The molecule has 3 rings (SSSR count). The second kappa shape index (κ2) is 8.23. The summed E-state index contributed by atoms with van der Waals surface area (Å²) in [5.74, 6) is 2.59. The second-order valence-corrected chi connectivity index (χ2v) is 8.46. The second-order valence-electron chi connectivity index (χ2n) is 6.23. The van der Waals surface area contributed by atoms with E-state index in [1.165, 1.54) is 0 Å². The minimum atomic E-state index is -2.91. The molecule has 2 aromatic carbocycles. The van der Waals surface area contributed by atoms with E-state index in [1.807, 2.05) is 54.6 Å². The summed E-state index contributed by atoms with van der Waals surface area (Å²) in [7, 11) is -1.23. The lowest BCUT2D eigenvalue weighted by atomic mass is 10.2. The van der Waals surface area contributed by atoms with Crippen molar-refractivity contribution in [3.05, 3.63) is 60.2 Å². The average molecular weight is 373 g/mol. The summed E-state index contributed by atoms with van der Waals surface area (Å²) in [5.41, 5.74) is 1.08. The molecule has 7 heteroatoms. The van der Waals surface area contributed by atoms with Gasteiger partial charge in [-0.3, -0.25) is 4.99 Å². The summed E-state index contributed by atoms with van der Waals surface area (Å²) in [6.45, 7) is 0.588. The number of nitrogens with zero attached hydrogens (tertiary/aromatic N) is 1. The van der Waals surface area contributed by atoms with Crippen molar-refractivity contribution >= 4 is 15.8 Å². The van der Waals surface area contributed by atoms with Gasteiger partial charge in [-0.2, -0.15) is 0 Å². The van der Waals surface area contributed by atoms with Crippen molar-refractivity contribution < 1.29 is 13.2 Å². The number of hydrogen-bond donors (Lipinski definition) is 2. The van der Waals surface area contributed by atoms with Crippen molar-refractivity contribution in [2.45, 2.75) is 19.0 Å². The van der Waals surface area contributed by atoms with E-state index >= 15 is 0 Å². The normalized spacial score (nSPS) is 19.1. The third-order valence-electron chi connectivity index (χ3n) is 4.16. The van der Waals surface area contributed by atoms with Crippen LogP contribution in [-0.2, 0) is 16.4 Å². The van der Waals surface area contributed by atoms with Gasteiger partial charge in [0.15, 0.2) is 15.8 Å². The number of nitrogens with one attached hydrogen (secondary N) is 2. The topological polar surface area (TPSA) is 79.8 Å². The molecule has 1 unspecified atom stereocenters. The van der Waals surface area contributed by atoms with E-state index < -0.39 is 9.84 Å². The molecule has 138 valence electrons. The third kappa shape index (κ3) is 5.23. The van der Waals surface area contributed by atoms with E-state index in [0.717, 1.165) is 17.1 Å². The maximum Gasteiger partial charge on any atom is 0.191 e. The van der Waals surface area contributed by atoms with Gasteiger partial charge in [0.05, 0.1) is 11.5 Å². The van der Waals surface area contributed by atoms with Crippen LogP contribution >= 0.6 is 0 Å². The molecule has 0 aliphatic carbocycles. The predicted octanol–water partition coefficient (Wildman–Crippen LogP) is 2.33. The predicted molar refractivity (Wildman–Crippen MR) is 103 cm³/mol. The van der Waals surface area contributed by atoms with Crippen molar-refractivity contribution in [3.63, 3.8) is 0 Å². The highest BCUT2D eigenvalue weighted by Gasteiger charge is 2.28. The largest absolute Gasteiger partial charge is 0.457 e. The summed E-state index contributed by atoms with van der Waals surface area (Å²) >= 11 is 0. The number of guanidine groups is 1. The lowest BCUT2D eigenvalue weighted by molar-refractivity contribution is 0.482. The molecule has 0 aromatic heterocycles. The molecule has 26 heavy (non-hydrogen) atoms. The Hall–Kier alpha value is -2.54. The molecule has 0 radical (unpaired) electrons. The molecule has 1 saturated heterocycles. The van der Waals surface area contributed by atoms with Crippen LogP contribution in [0.1, 0.15) is 12.0 Å². The molecule has 2 N–H and O–H groups in total. The molecular formula is C19H23N3O3S. The molecule has 1 aliphatic heterocycles. The van der Waals surface area contributed by atoms with Gasteiger partial charge in [-0.25, -0.2) is 8.42 Å². The number of benzene rings is 2. The molecule has 1 atom stereocenters. The highest BCUT2D eigenvalue weighted by atomic mass is 32.2. The zero-order valence-corrected chi connectivity index (χ0v) is 15.5. The van der Waals surface area contributed by atoms with Gasteiger partial charge < -0.3 is 15.4 Å². The molecule has 0 spiro atoms. The molecule has 1 fully saturated rings. The number of sulfone groups is 1. The maximum atomic E-state index is 11.5. The molecule has 6 nitrogen and oxygen atoms in total. The molecular weight excluding hydrogens is 350 g/mol. The first-order valence-electron chi connectivity index (χ1n) is 8.53. The maximum absolute atomic E-state index is 11.5. The lowest BCUT2D eigenvalue weighted by Gasteiger charge is -2.16. The smallest absolute Gasteiger partial charge is 0.191 e. The Bertz CT molecular complexity index is 849. The molecule has 0 amide bonds. The number of rotatable bonds is 5. The van der Waals surface area contributed by atoms with E-state index in [1.54, 1.807) is 7.05 Å². The Labute approximate surface area is 154 Å². The fraction of sp³-hybridized carbons (Fsp3) is 0.316. The van der Waals surface area contributed by atoms with Gasteiger partial charge in [0.25, 0.3) is 0 Å². The molecule has 0 saturated carbocycles. The lowest BCUT2D eigenvalue weighted by Crippen LogP contribution is -2.43. The van der Waals surface area contributed by atoms with Gasteiger partial charge in [0.2, 0.25) is 0 Å². The summed E-state index contributed by atoms with van der Waals surface area (Å²) in [6, 6.07) is 17.4. The SMILES string of the molecule is CN=C(NCc1ccc(Oc2ccccc2)cc1)NC1CCS(=O)(=O)C1. The first kappa shape index (κ1) is 18.3. The molecule has 1 heterocycles. The van der Waals surface area contributed by atoms with Crippen molar-refractivity contribution in [3.8, 4) is 11.5 Å². The summed E-state index contributed by atoms with van der Waals surface area (Å²) in [4.78, 5) is 4.16.